The van der Waals surface area contributed by atoms with Crippen LogP contribution in [0.1, 0.15) is 12.8 Å². The van der Waals surface area contributed by atoms with Crippen molar-refractivity contribution >= 4 is 40.3 Å². The SMILES string of the molecule is COC(=O)CCCNC(=S)N1CCn2c1nc1ccccc12. The molecule has 116 valence electrons. The molecule has 6 nitrogen and oxygen atoms in total. The molecule has 1 aromatic heterocycles. The normalized spacial score (nSPS) is 13.2. The van der Waals surface area contributed by atoms with Crippen LogP contribution in [0.25, 0.3) is 11.0 Å². The van der Waals surface area contributed by atoms with E-state index in [1.807, 2.05) is 23.1 Å². The molecule has 0 radical (unpaired) electrons. The molecule has 2 heterocycles. The molecular formula is C15H18N4O2S. The summed E-state index contributed by atoms with van der Waals surface area (Å²) in [7, 11) is 1.40. The lowest BCUT2D eigenvalue weighted by Crippen LogP contribution is -2.39. The monoisotopic (exact) mass is 318 g/mol. The van der Waals surface area contributed by atoms with Crippen LogP contribution in [0.15, 0.2) is 24.3 Å². The maximum atomic E-state index is 11.1. The summed E-state index contributed by atoms with van der Waals surface area (Å²) in [5.41, 5.74) is 2.11. The Balaban J connectivity index is 1.63. The lowest BCUT2D eigenvalue weighted by atomic mass is 10.3. The van der Waals surface area contributed by atoms with E-state index in [2.05, 4.69) is 25.7 Å². The highest BCUT2D eigenvalue weighted by atomic mass is 32.1. The fraction of sp³-hybridized carbons (Fsp3) is 0.400. The first-order valence-corrected chi connectivity index (χ1v) is 7.69. The molecule has 2 aromatic rings. The number of carbonyl (C=O) groups excluding carboxylic acids is 1. The van der Waals surface area contributed by atoms with E-state index in [9.17, 15) is 4.79 Å². The zero-order valence-electron chi connectivity index (χ0n) is 12.4. The molecule has 0 bridgehead atoms. The Morgan fingerprint density at radius 2 is 2.23 bits per heavy atom. The molecule has 0 atom stereocenters. The Hall–Kier alpha value is -2.15. The second-order valence-corrected chi connectivity index (χ2v) is 5.50. The van der Waals surface area contributed by atoms with Gasteiger partial charge in [0.15, 0.2) is 5.11 Å². The van der Waals surface area contributed by atoms with Gasteiger partial charge in [0.05, 0.1) is 18.1 Å². The zero-order valence-corrected chi connectivity index (χ0v) is 13.2. The molecule has 0 saturated carbocycles. The lowest BCUT2D eigenvalue weighted by Gasteiger charge is -2.18. The van der Waals surface area contributed by atoms with Crippen LogP contribution in [0.3, 0.4) is 0 Å². The molecule has 0 fully saturated rings. The van der Waals surface area contributed by atoms with Gasteiger partial charge in [-0.15, -0.1) is 0 Å². The Bertz CT molecular complexity index is 713. The number of aromatic nitrogens is 2. The summed E-state index contributed by atoms with van der Waals surface area (Å²) in [5, 5.41) is 3.84. The van der Waals surface area contributed by atoms with Crippen LogP contribution in [0.5, 0.6) is 0 Å². The highest BCUT2D eigenvalue weighted by molar-refractivity contribution is 7.80. The number of nitrogens with one attached hydrogen (secondary N) is 1. The van der Waals surface area contributed by atoms with Crippen molar-refractivity contribution in [2.75, 3.05) is 25.1 Å². The molecule has 0 amide bonds. The van der Waals surface area contributed by atoms with Gasteiger partial charge in [0.1, 0.15) is 0 Å². The third-order valence-corrected chi connectivity index (χ3v) is 4.09. The minimum atomic E-state index is -0.198. The number of anilines is 1. The Kier molecular flexibility index (Phi) is 4.24. The zero-order chi connectivity index (χ0) is 15.5. The lowest BCUT2D eigenvalue weighted by molar-refractivity contribution is -0.140. The molecule has 0 saturated heterocycles. The van der Waals surface area contributed by atoms with Crippen molar-refractivity contribution in [1.82, 2.24) is 14.9 Å². The number of ether oxygens (including phenoxy) is 1. The van der Waals surface area contributed by atoms with E-state index in [0.717, 1.165) is 30.1 Å². The maximum Gasteiger partial charge on any atom is 0.305 e. The van der Waals surface area contributed by atoms with Gasteiger partial charge in [0.2, 0.25) is 5.95 Å². The molecule has 0 aliphatic carbocycles. The minimum absolute atomic E-state index is 0.198. The van der Waals surface area contributed by atoms with Gasteiger partial charge in [-0.2, -0.15) is 0 Å². The predicted molar refractivity (Wildman–Crippen MR) is 88.9 cm³/mol. The van der Waals surface area contributed by atoms with Crippen LogP contribution in [0.4, 0.5) is 5.95 Å². The molecule has 1 aliphatic heterocycles. The van der Waals surface area contributed by atoms with Crippen molar-refractivity contribution < 1.29 is 9.53 Å². The number of thiocarbonyl (C=S) groups is 1. The van der Waals surface area contributed by atoms with Gasteiger partial charge < -0.3 is 14.6 Å². The largest absolute Gasteiger partial charge is 0.469 e. The predicted octanol–water partition coefficient (Wildman–Crippen LogP) is 1.68. The average Bonchev–Trinajstić information content (AvgIpc) is 3.09. The summed E-state index contributed by atoms with van der Waals surface area (Å²) in [6.45, 7) is 2.33. The van der Waals surface area contributed by atoms with E-state index < -0.39 is 0 Å². The molecular weight excluding hydrogens is 300 g/mol. The first-order chi connectivity index (χ1) is 10.7. The fourth-order valence-corrected chi connectivity index (χ4v) is 2.88. The van der Waals surface area contributed by atoms with Gasteiger partial charge >= 0.3 is 5.97 Å². The molecule has 1 N–H and O–H groups in total. The molecule has 0 unspecified atom stereocenters. The number of benzene rings is 1. The van der Waals surface area contributed by atoms with Gasteiger partial charge in [-0.25, -0.2) is 4.98 Å². The number of hydrogen-bond donors (Lipinski definition) is 1. The van der Waals surface area contributed by atoms with Gasteiger partial charge in [0, 0.05) is 26.1 Å². The second-order valence-electron chi connectivity index (χ2n) is 5.12. The van der Waals surface area contributed by atoms with E-state index >= 15 is 0 Å². The van der Waals surface area contributed by atoms with Crippen molar-refractivity contribution in [2.45, 2.75) is 19.4 Å². The Morgan fingerprint density at radius 1 is 1.41 bits per heavy atom. The first-order valence-electron chi connectivity index (χ1n) is 7.28. The van der Waals surface area contributed by atoms with Crippen molar-refractivity contribution in [1.29, 1.82) is 0 Å². The number of imidazole rings is 1. The number of esters is 1. The van der Waals surface area contributed by atoms with E-state index in [1.54, 1.807) is 0 Å². The summed E-state index contributed by atoms with van der Waals surface area (Å²) in [4.78, 5) is 17.7. The molecule has 1 aromatic carbocycles. The fourth-order valence-electron chi connectivity index (χ4n) is 2.61. The van der Waals surface area contributed by atoms with Gasteiger partial charge in [-0.3, -0.25) is 9.69 Å². The van der Waals surface area contributed by atoms with Crippen molar-refractivity contribution in [3.05, 3.63) is 24.3 Å². The first kappa shape index (κ1) is 14.8. The van der Waals surface area contributed by atoms with Gasteiger partial charge in [0.25, 0.3) is 0 Å². The van der Waals surface area contributed by atoms with Gasteiger partial charge in [-0.1, -0.05) is 12.1 Å². The summed E-state index contributed by atoms with van der Waals surface area (Å²) in [6.07, 6.45) is 1.09. The van der Waals surface area contributed by atoms with E-state index in [-0.39, 0.29) is 5.97 Å². The van der Waals surface area contributed by atoms with Crippen LogP contribution in [0.2, 0.25) is 0 Å². The topological polar surface area (TPSA) is 59.4 Å². The van der Waals surface area contributed by atoms with Crippen LogP contribution >= 0.6 is 12.2 Å². The third kappa shape index (κ3) is 2.76. The highest BCUT2D eigenvalue weighted by Gasteiger charge is 2.25. The number of hydrogen-bond acceptors (Lipinski definition) is 4. The smallest absolute Gasteiger partial charge is 0.305 e. The van der Waals surface area contributed by atoms with Gasteiger partial charge in [-0.05, 0) is 30.8 Å². The second kappa shape index (κ2) is 6.31. The number of fused-ring (bicyclic) bond motifs is 3. The summed E-state index contributed by atoms with van der Waals surface area (Å²) in [5.74, 6) is 0.683. The van der Waals surface area contributed by atoms with Crippen molar-refractivity contribution in [3.63, 3.8) is 0 Å². The number of carbonyl (C=O) groups is 1. The van der Waals surface area contributed by atoms with Crippen molar-refractivity contribution in [3.8, 4) is 0 Å². The third-order valence-electron chi connectivity index (χ3n) is 3.73. The quantitative estimate of drug-likeness (QED) is 0.526. The number of nitrogens with zero attached hydrogens (tertiary/aromatic N) is 3. The van der Waals surface area contributed by atoms with E-state index in [1.165, 1.54) is 7.11 Å². The molecule has 3 rings (SSSR count). The van der Waals surface area contributed by atoms with Crippen LogP contribution in [-0.2, 0) is 16.1 Å². The molecule has 22 heavy (non-hydrogen) atoms. The number of rotatable bonds is 4. The Labute approximate surface area is 134 Å². The maximum absolute atomic E-state index is 11.1. The average molecular weight is 318 g/mol. The summed E-state index contributed by atoms with van der Waals surface area (Å²) >= 11 is 5.45. The van der Waals surface area contributed by atoms with Crippen LogP contribution in [-0.4, -0.2) is 40.8 Å². The van der Waals surface area contributed by atoms with Crippen LogP contribution < -0.4 is 10.2 Å². The number of para-hydroxylation sites is 2. The van der Waals surface area contributed by atoms with E-state index in [4.69, 9.17) is 12.2 Å². The van der Waals surface area contributed by atoms with Crippen LogP contribution in [0, 0.1) is 0 Å². The minimum Gasteiger partial charge on any atom is -0.469 e. The molecule has 1 aliphatic rings. The van der Waals surface area contributed by atoms with E-state index in [0.29, 0.717) is 24.5 Å². The number of methoxy groups -OCH3 is 1. The summed E-state index contributed by atoms with van der Waals surface area (Å²) in [6, 6.07) is 8.08. The summed E-state index contributed by atoms with van der Waals surface area (Å²) < 4.78 is 6.79. The molecule has 7 heteroatoms. The molecule has 0 spiro atoms. The standard InChI is InChI=1S/C15H18N4O2S/c1-21-13(20)7-4-8-16-15(22)19-10-9-18-12-6-3-2-5-11(12)17-14(18)19/h2-3,5-6H,4,7-10H2,1H3,(H,16,22). The highest BCUT2D eigenvalue weighted by Crippen LogP contribution is 2.26. The van der Waals surface area contributed by atoms with Crippen molar-refractivity contribution in [2.24, 2.45) is 0 Å². The Morgan fingerprint density at radius 3 is 3.05 bits per heavy atom.